The van der Waals surface area contributed by atoms with Crippen LogP contribution >= 0.6 is 0 Å². The molecule has 5 nitrogen and oxygen atoms in total. The van der Waals surface area contributed by atoms with Gasteiger partial charge in [0, 0.05) is 18.2 Å². The summed E-state index contributed by atoms with van der Waals surface area (Å²) in [6.45, 7) is 4.62. The summed E-state index contributed by atoms with van der Waals surface area (Å²) in [7, 11) is 1.61. The van der Waals surface area contributed by atoms with Gasteiger partial charge in [-0.1, -0.05) is 0 Å². The fraction of sp³-hybridized carbons (Fsp3) is 0.588. The number of carbonyl (C=O) groups excluding carboxylic acids is 1. The van der Waals surface area contributed by atoms with Gasteiger partial charge in [-0.05, 0) is 57.3 Å². The first-order valence-electron chi connectivity index (χ1n) is 8.04. The third kappa shape index (κ3) is 4.91. The van der Waals surface area contributed by atoms with Crippen molar-refractivity contribution in [2.24, 2.45) is 5.92 Å². The van der Waals surface area contributed by atoms with Crippen LogP contribution in [0.5, 0.6) is 11.5 Å². The Bertz CT molecular complexity index is 485. The number of methoxy groups -OCH3 is 1. The molecule has 1 fully saturated rings. The molecule has 1 saturated heterocycles. The van der Waals surface area contributed by atoms with Crippen LogP contribution in [0, 0.1) is 5.92 Å². The number of carbonyl (C=O) groups is 1. The topological polar surface area (TPSA) is 59.6 Å². The van der Waals surface area contributed by atoms with Crippen LogP contribution in [-0.2, 0) is 4.79 Å². The van der Waals surface area contributed by atoms with Crippen LogP contribution in [0.4, 0.5) is 5.69 Å². The summed E-state index contributed by atoms with van der Waals surface area (Å²) in [5.74, 6) is 2.06. The van der Waals surface area contributed by atoms with Crippen molar-refractivity contribution in [2.45, 2.75) is 32.6 Å². The highest BCUT2D eigenvalue weighted by atomic mass is 16.5. The maximum Gasteiger partial charge on any atom is 0.224 e. The second-order valence-electron chi connectivity index (χ2n) is 5.58. The van der Waals surface area contributed by atoms with Gasteiger partial charge in [0.05, 0.1) is 13.7 Å². The van der Waals surface area contributed by atoms with Crippen molar-refractivity contribution in [2.75, 3.05) is 32.1 Å². The zero-order valence-corrected chi connectivity index (χ0v) is 13.5. The smallest absolute Gasteiger partial charge is 0.224 e. The molecule has 122 valence electrons. The second kappa shape index (κ2) is 8.63. The van der Waals surface area contributed by atoms with Crippen LogP contribution in [-0.4, -0.2) is 32.7 Å². The van der Waals surface area contributed by atoms with Crippen molar-refractivity contribution < 1.29 is 14.3 Å². The zero-order chi connectivity index (χ0) is 15.8. The van der Waals surface area contributed by atoms with E-state index in [0.29, 0.717) is 30.4 Å². The Kier molecular flexibility index (Phi) is 6.52. The van der Waals surface area contributed by atoms with Gasteiger partial charge in [0.15, 0.2) is 11.5 Å². The van der Waals surface area contributed by atoms with Gasteiger partial charge in [-0.3, -0.25) is 4.79 Å². The van der Waals surface area contributed by atoms with E-state index in [1.165, 1.54) is 12.8 Å². The van der Waals surface area contributed by atoms with Gasteiger partial charge in [0.1, 0.15) is 0 Å². The molecular weight excluding hydrogens is 280 g/mol. The molecule has 1 aromatic carbocycles. The molecular formula is C17H26N2O3. The lowest BCUT2D eigenvalue weighted by molar-refractivity contribution is -0.116. The van der Waals surface area contributed by atoms with Crippen LogP contribution in [0.2, 0.25) is 0 Å². The molecule has 2 N–H and O–H groups in total. The number of ether oxygens (including phenoxy) is 2. The summed E-state index contributed by atoms with van der Waals surface area (Å²) >= 11 is 0. The number of benzene rings is 1. The van der Waals surface area contributed by atoms with Gasteiger partial charge in [-0.25, -0.2) is 0 Å². The molecule has 0 bridgehead atoms. The maximum atomic E-state index is 12.1. The standard InChI is InChI=1S/C17H26N2O3/c1-3-22-16-12-14(5-6-15(16)21-2)19-17(20)7-4-13-8-10-18-11-9-13/h5-6,12-13,18H,3-4,7-11H2,1-2H3,(H,19,20). The molecule has 0 saturated carbocycles. The van der Waals surface area contributed by atoms with Gasteiger partial charge >= 0.3 is 0 Å². The first-order chi connectivity index (χ1) is 10.7. The highest BCUT2D eigenvalue weighted by Gasteiger charge is 2.15. The van der Waals surface area contributed by atoms with Gasteiger partial charge in [0.25, 0.3) is 0 Å². The minimum atomic E-state index is 0.0612. The average Bonchev–Trinajstić information content (AvgIpc) is 2.55. The summed E-state index contributed by atoms with van der Waals surface area (Å²) in [6.07, 6.45) is 3.87. The summed E-state index contributed by atoms with van der Waals surface area (Å²) in [4.78, 5) is 12.1. The molecule has 22 heavy (non-hydrogen) atoms. The third-order valence-corrected chi connectivity index (χ3v) is 3.99. The molecule has 0 unspecified atom stereocenters. The third-order valence-electron chi connectivity index (χ3n) is 3.99. The van der Waals surface area contributed by atoms with Crippen molar-refractivity contribution in [3.63, 3.8) is 0 Å². The molecule has 1 amide bonds. The Morgan fingerprint density at radius 1 is 1.32 bits per heavy atom. The molecule has 0 aromatic heterocycles. The van der Waals surface area contributed by atoms with Crippen molar-refractivity contribution in [1.82, 2.24) is 5.32 Å². The Morgan fingerprint density at radius 3 is 2.77 bits per heavy atom. The Labute approximate surface area is 132 Å². The van der Waals surface area contributed by atoms with Gasteiger partial charge in [-0.2, -0.15) is 0 Å². The van der Waals surface area contributed by atoms with Gasteiger partial charge in [-0.15, -0.1) is 0 Å². The molecule has 5 heteroatoms. The van der Waals surface area contributed by atoms with Gasteiger partial charge in [0.2, 0.25) is 5.91 Å². The predicted molar refractivity (Wildman–Crippen MR) is 87.6 cm³/mol. The molecule has 1 aromatic rings. The molecule has 0 atom stereocenters. The van der Waals surface area contributed by atoms with E-state index in [2.05, 4.69) is 10.6 Å². The van der Waals surface area contributed by atoms with Crippen molar-refractivity contribution in [1.29, 1.82) is 0 Å². The van der Waals surface area contributed by atoms with E-state index in [-0.39, 0.29) is 5.91 Å². The predicted octanol–water partition coefficient (Wildman–Crippen LogP) is 2.81. The number of piperidine rings is 1. The molecule has 0 radical (unpaired) electrons. The Balaban J connectivity index is 1.86. The van der Waals surface area contributed by atoms with E-state index in [1.54, 1.807) is 7.11 Å². The highest BCUT2D eigenvalue weighted by Crippen LogP contribution is 2.30. The molecule has 2 rings (SSSR count). The van der Waals surface area contributed by atoms with Crippen LogP contribution in [0.3, 0.4) is 0 Å². The van der Waals surface area contributed by atoms with Gasteiger partial charge < -0.3 is 20.1 Å². The van der Waals surface area contributed by atoms with Crippen LogP contribution in [0.15, 0.2) is 18.2 Å². The summed E-state index contributed by atoms with van der Waals surface area (Å²) in [6, 6.07) is 5.46. The largest absolute Gasteiger partial charge is 0.493 e. The number of nitrogens with one attached hydrogen (secondary N) is 2. The van der Waals surface area contributed by atoms with E-state index >= 15 is 0 Å². The summed E-state index contributed by atoms with van der Waals surface area (Å²) < 4.78 is 10.8. The zero-order valence-electron chi connectivity index (χ0n) is 13.5. The number of hydrogen-bond acceptors (Lipinski definition) is 4. The monoisotopic (exact) mass is 306 g/mol. The summed E-state index contributed by atoms with van der Waals surface area (Å²) in [5.41, 5.74) is 0.750. The number of amides is 1. The van der Waals surface area contributed by atoms with E-state index in [9.17, 15) is 4.79 Å². The number of anilines is 1. The number of hydrogen-bond donors (Lipinski definition) is 2. The Morgan fingerprint density at radius 2 is 2.09 bits per heavy atom. The van der Waals surface area contributed by atoms with E-state index < -0.39 is 0 Å². The van der Waals surface area contributed by atoms with Crippen LogP contribution in [0.25, 0.3) is 0 Å². The fourth-order valence-corrected chi connectivity index (χ4v) is 2.75. The first-order valence-corrected chi connectivity index (χ1v) is 8.04. The molecule has 0 spiro atoms. The lowest BCUT2D eigenvalue weighted by Crippen LogP contribution is -2.28. The van der Waals surface area contributed by atoms with E-state index in [1.807, 2.05) is 25.1 Å². The normalized spacial score (nSPS) is 15.4. The SMILES string of the molecule is CCOc1cc(NC(=O)CCC2CCNCC2)ccc1OC. The van der Waals surface area contributed by atoms with Crippen molar-refractivity contribution >= 4 is 11.6 Å². The van der Waals surface area contributed by atoms with Crippen LogP contribution in [0.1, 0.15) is 32.6 Å². The lowest BCUT2D eigenvalue weighted by atomic mass is 9.93. The average molecular weight is 306 g/mol. The Hall–Kier alpha value is -1.75. The first kappa shape index (κ1) is 16.6. The fourth-order valence-electron chi connectivity index (χ4n) is 2.75. The minimum absolute atomic E-state index is 0.0612. The van der Waals surface area contributed by atoms with Crippen molar-refractivity contribution in [3.05, 3.63) is 18.2 Å². The van der Waals surface area contributed by atoms with Crippen LogP contribution < -0.4 is 20.1 Å². The minimum Gasteiger partial charge on any atom is -0.493 e. The quantitative estimate of drug-likeness (QED) is 0.813. The molecule has 1 aliphatic rings. The van der Waals surface area contributed by atoms with E-state index in [0.717, 1.165) is 25.2 Å². The second-order valence-corrected chi connectivity index (χ2v) is 5.58. The molecule has 1 aliphatic heterocycles. The van der Waals surface area contributed by atoms with Crippen molar-refractivity contribution in [3.8, 4) is 11.5 Å². The highest BCUT2D eigenvalue weighted by molar-refractivity contribution is 5.91. The summed E-state index contributed by atoms with van der Waals surface area (Å²) in [5, 5.41) is 6.29. The lowest BCUT2D eigenvalue weighted by Gasteiger charge is -2.22. The molecule has 0 aliphatic carbocycles. The number of rotatable bonds is 7. The maximum absolute atomic E-state index is 12.1. The molecule has 1 heterocycles. The van der Waals surface area contributed by atoms with E-state index in [4.69, 9.17) is 9.47 Å².